The number of hydrogen-bond acceptors (Lipinski definition) is 3. The molecule has 0 aliphatic heterocycles. The third kappa shape index (κ3) is 2.62. The van der Waals surface area contributed by atoms with Crippen LogP contribution in [0.1, 0.15) is 70.3 Å². The summed E-state index contributed by atoms with van der Waals surface area (Å²) in [6.07, 6.45) is 8.68. The second-order valence-electron chi connectivity index (χ2n) is 10.3. The van der Waals surface area contributed by atoms with Crippen molar-refractivity contribution in [2.24, 2.45) is 28.6 Å². The summed E-state index contributed by atoms with van der Waals surface area (Å²) >= 11 is 0. The topological polar surface area (TPSA) is 43.4 Å². The highest BCUT2D eigenvalue weighted by atomic mass is 16.5. The van der Waals surface area contributed by atoms with E-state index >= 15 is 0 Å². The minimum Gasteiger partial charge on any atom is -0.497 e. The van der Waals surface area contributed by atoms with Gasteiger partial charge in [-0.25, -0.2) is 0 Å². The lowest BCUT2D eigenvalue weighted by atomic mass is 9.44. The van der Waals surface area contributed by atoms with E-state index in [1.165, 1.54) is 11.1 Å². The maximum absolute atomic E-state index is 12.7. The Morgan fingerprint density at radius 1 is 0.966 bits per heavy atom. The Bertz CT molecular complexity index is 882. The maximum atomic E-state index is 12.7. The summed E-state index contributed by atoms with van der Waals surface area (Å²) in [5.41, 5.74) is 2.53. The average Bonchev–Trinajstić information content (AvgIpc) is 3.03. The van der Waals surface area contributed by atoms with E-state index in [2.05, 4.69) is 26.0 Å². The molecule has 3 nitrogen and oxygen atoms in total. The summed E-state index contributed by atoms with van der Waals surface area (Å²) in [6.45, 7) is 4.67. The van der Waals surface area contributed by atoms with Gasteiger partial charge in [0.2, 0.25) is 0 Å². The van der Waals surface area contributed by atoms with E-state index in [1.54, 1.807) is 7.11 Å². The Morgan fingerprint density at radius 3 is 2.45 bits per heavy atom. The fraction of sp³-hybridized carbons (Fsp3) is 0.615. The van der Waals surface area contributed by atoms with Crippen molar-refractivity contribution in [3.63, 3.8) is 0 Å². The summed E-state index contributed by atoms with van der Waals surface area (Å²) < 4.78 is 5.35. The molecular formula is C26H32O3. The van der Waals surface area contributed by atoms with Gasteiger partial charge in [-0.3, -0.25) is 9.59 Å². The highest BCUT2D eigenvalue weighted by Gasteiger charge is 2.60. The predicted molar refractivity (Wildman–Crippen MR) is 113 cm³/mol. The number of allylic oxidation sites excluding steroid dienone is 1. The van der Waals surface area contributed by atoms with E-state index in [4.69, 9.17) is 4.74 Å². The molecule has 1 aromatic carbocycles. The molecule has 5 rings (SSSR count). The number of ether oxygens (including phenoxy) is 1. The first kappa shape index (κ1) is 19.1. The van der Waals surface area contributed by atoms with Crippen LogP contribution in [0.5, 0.6) is 5.75 Å². The number of rotatable bonds is 2. The molecule has 1 aromatic rings. The zero-order valence-electron chi connectivity index (χ0n) is 17.9. The summed E-state index contributed by atoms with van der Waals surface area (Å²) in [5.74, 6) is 3.54. The highest BCUT2D eigenvalue weighted by Crippen LogP contribution is 2.67. The number of benzene rings is 1. The SMILES string of the molecule is COc1ccc(C2CC(=O)C=C3CCC4C5CCC(=O)C5(C)CCC4C32C)cc1. The van der Waals surface area contributed by atoms with Crippen LogP contribution >= 0.6 is 0 Å². The van der Waals surface area contributed by atoms with Crippen molar-refractivity contribution < 1.29 is 14.3 Å². The summed E-state index contributed by atoms with van der Waals surface area (Å²) in [4.78, 5) is 25.3. The van der Waals surface area contributed by atoms with Crippen LogP contribution in [0.2, 0.25) is 0 Å². The molecule has 154 valence electrons. The number of methoxy groups -OCH3 is 1. The van der Waals surface area contributed by atoms with Crippen molar-refractivity contribution in [2.75, 3.05) is 7.11 Å². The van der Waals surface area contributed by atoms with Crippen LogP contribution in [0.3, 0.4) is 0 Å². The maximum Gasteiger partial charge on any atom is 0.156 e. The number of Topliss-reactive ketones (excluding diaryl/α,β-unsaturated/α-hetero) is 1. The largest absolute Gasteiger partial charge is 0.497 e. The van der Waals surface area contributed by atoms with E-state index < -0.39 is 0 Å². The van der Waals surface area contributed by atoms with Crippen LogP contribution < -0.4 is 4.74 Å². The smallest absolute Gasteiger partial charge is 0.156 e. The van der Waals surface area contributed by atoms with Gasteiger partial charge in [0, 0.05) is 24.2 Å². The number of carbonyl (C=O) groups excluding carboxylic acids is 2. The summed E-state index contributed by atoms with van der Waals surface area (Å²) in [6, 6.07) is 8.35. The molecule has 29 heavy (non-hydrogen) atoms. The molecule has 3 heteroatoms. The van der Waals surface area contributed by atoms with Crippen molar-refractivity contribution in [3.05, 3.63) is 41.5 Å². The molecule has 0 heterocycles. The zero-order chi connectivity index (χ0) is 20.4. The monoisotopic (exact) mass is 392 g/mol. The van der Waals surface area contributed by atoms with Crippen molar-refractivity contribution >= 4 is 11.6 Å². The van der Waals surface area contributed by atoms with E-state index in [-0.39, 0.29) is 22.5 Å². The number of ketones is 2. The molecule has 0 amide bonds. The lowest BCUT2D eigenvalue weighted by molar-refractivity contribution is -0.133. The molecule has 0 N–H and O–H groups in total. The number of fused-ring (bicyclic) bond motifs is 5. The lowest BCUT2D eigenvalue weighted by Gasteiger charge is -2.59. The zero-order valence-corrected chi connectivity index (χ0v) is 17.9. The predicted octanol–water partition coefficient (Wildman–Crippen LogP) is 5.49. The third-order valence-electron chi connectivity index (χ3n) is 9.34. The first-order valence-corrected chi connectivity index (χ1v) is 11.3. The Balaban J connectivity index is 1.56. The van der Waals surface area contributed by atoms with Gasteiger partial charge in [-0.05, 0) is 79.0 Å². The molecule has 4 aliphatic rings. The Hall–Kier alpha value is -1.90. The van der Waals surface area contributed by atoms with Crippen molar-refractivity contribution in [3.8, 4) is 5.75 Å². The first-order valence-electron chi connectivity index (χ1n) is 11.3. The number of hydrogen-bond donors (Lipinski definition) is 0. The van der Waals surface area contributed by atoms with Crippen molar-refractivity contribution in [1.82, 2.24) is 0 Å². The minimum atomic E-state index is -0.0984. The Labute approximate surface area is 173 Å². The molecule has 6 atom stereocenters. The van der Waals surface area contributed by atoms with Crippen LogP contribution in [0, 0.1) is 28.6 Å². The van der Waals surface area contributed by atoms with Gasteiger partial charge in [0.1, 0.15) is 11.5 Å². The van der Waals surface area contributed by atoms with Gasteiger partial charge in [0.05, 0.1) is 7.11 Å². The van der Waals surface area contributed by atoms with Crippen molar-refractivity contribution in [2.45, 2.75) is 64.7 Å². The van der Waals surface area contributed by atoms with E-state index in [9.17, 15) is 9.59 Å². The average molecular weight is 393 g/mol. The van der Waals surface area contributed by atoms with Gasteiger partial charge >= 0.3 is 0 Å². The van der Waals surface area contributed by atoms with Gasteiger partial charge in [-0.2, -0.15) is 0 Å². The molecule has 3 saturated carbocycles. The van der Waals surface area contributed by atoms with Crippen LogP contribution in [-0.4, -0.2) is 18.7 Å². The second-order valence-corrected chi connectivity index (χ2v) is 10.3. The van der Waals surface area contributed by atoms with Gasteiger partial charge in [-0.1, -0.05) is 31.6 Å². The van der Waals surface area contributed by atoms with Crippen LogP contribution in [-0.2, 0) is 9.59 Å². The fourth-order valence-corrected chi connectivity index (χ4v) is 7.71. The molecule has 3 fully saturated rings. The quantitative estimate of drug-likeness (QED) is 0.668. The molecule has 6 unspecified atom stereocenters. The van der Waals surface area contributed by atoms with E-state index in [0.717, 1.165) is 44.3 Å². The molecule has 0 saturated heterocycles. The Kier molecular flexibility index (Phi) is 4.31. The summed E-state index contributed by atoms with van der Waals surface area (Å²) in [7, 11) is 1.69. The highest BCUT2D eigenvalue weighted by molar-refractivity contribution is 5.93. The molecule has 0 aromatic heterocycles. The number of carbonyl (C=O) groups is 2. The molecule has 4 aliphatic carbocycles. The van der Waals surface area contributed by atoms with E-state index in [0.29, 0.717) is 30.0 Å². The molecule has 0 spiro atoms. The standard InChI is InChI=1S/C26H32O3/c1-25-13-12-22-20(21(25)10-11-24(25)28)9-6-17-14-18(27)15-23(26(17,22)2)16-4-7-19(29-3)8-5-16/h4-5,7-8,14,20-23H,6,9-13,15H2,1-3H3. The Morgan fingerprint density at radius 2 is 1.72 bits per heavy atom. The second kappa shape index (κ2) is 6.55. The van der Waals surface area contributed by atoms with Gasteiger partial charge < -0.3 is 4.74 Å². The lowest BCUT2D eigenvalue weighted by Crippen LogP contribution is -2.52. The van der Waals surface area contributed by atoms with Crippen LogP contribution in [0.4, 0.5) is 0 Å². The molecule has 0 radical (unpaired) electrons. The molecular weight excluding hydrogens is 360 g/mol. The summed E-state index contributed by atoms with van der Waals surface area (Å²) in [5, 5.41) is 0. The van der Waals surface area contributed by atoms with Crippen molar-refractivity contribution in [1.29, 1.82) is 0 Å². The normalized spacial score (nSPS) is 41.3. The van der Waals surface area contributed by atoms with Crippen LogP contribution in [0.15, 0.2) is 35.9 Å². The third-order valence-corrected chi connectivity index (χ3v) is 9.34. The fourth-order valence-electron chi connectivity index (χ4n) is 7.71. The van der Waals surface area contributed by atoms with E-state index in [1.807, 2.05) is 18.2 Å². The van der Waals surface area contributed by atoms with Gasteiger partial charge in [0.15, 0.2) is 5.78 Å². The van der Waals surface area contributed by atoms with Crippen LogP contribution in [0.25, 0.3) is 0 Å². The van der Waals surface area contributed by atoms with Gasteiger partial charge in [0.25, 0.3) is 0 Å². The van der Waals surface area contributed by atoms with Gasteiger partial charge in [-0.15, -0.1) is 0 Å². The first-order chi connectivity index (χ1) is 13.9. The minimum absolute atomic E-state index is 0.0123. The molecule has 0 bridgehead atoms.